The number of imidazole rings is 1. The summed E-state index contributed by atoms with van der Waals surface area (Å²) in [5.41, 5.74) is -2.88. The fraction of sp³-hybridized carbons (Fsp3) is 0.273. The second-order valence-corrected chi connectivity index (χ2v) is 9.63. The van der Waals surface area contributed by atoms with Crippen molar-refractivity contribution in [2.75, 3.05) is 11.4 Å². The van der Waals surface area contributed by atoms with Gasteiger partial charge >= 0.3 is 15.5 Å². The first-order chi connectivity index (χ1) is 15.7. The predicted octanol–water partition coefficient (Wildman–Crippen LogP) is 3.56. The number of nitrogens with zero attached hydrogens (tertiary/aromatic N) is 4. The lowest BCUT2D eigenvalue weighted by Gasteiger charge is -2.32. The van der Waals surface area contributed by atoms with Crippen LogP contribution in [0.1, 0.15) is 22.4 Å². The Balaban J connectivity index is 1.83. The summed E-state index contributed by atoms with van der Waals surface area (Å²) in [5, 5.41) is 9.30. The Morgan fingerprint density at radius 3 is 2.58 bits per heavy atom. The first kappa shape index (κ1) is 22.8. The van der Waals surface area contributed by atoms with Crippen LogP contribution in [0.25, 0.3) is 0 Å². The SMILES string of the molecule is N#Cc1ccc2c(c1)CN(S(=O)(=O)C(F)(F)F)C(Cc1ccccc1)CN2Cc1cnc[nH]1. The van der Waals surface area contributed by atoms with E-state index < -0.39 is 28.1 Å². The minimum Gasteiger partial charge on any atom is -0.364 e. The average molecular weight is 475 g/mol. The van der Waals surface area contributed by atoms with Crippen molar-refractivity contribution in [2.24, 2.45) is 0 Å². The van der Waals surface area contributed by atoms with Crippen LogP contribution in [0, 0.1) is 11.3 Å². The third-order valence-electron chi connectivity index (χ3n) is 5.55. The second-order valence-electron chi connectivity index (χ2n) is 7.75. The van der Waals surface area contributed by atoms with E-state index in [4.69, 9.17) is 0 Å². The zero-order valence-electron chi connectivity index (χ0n) is 17.3. The molecule has 0 aliphatic carbocycles. The van der Waals surface area contributed by atoms with Gasteiger partial charge in [0.15, 0.2) is 0 Å². The summed E-state index contributed by atoms with van der Waals surface area (Å²) in [6.07, 6.45) is 3.19. The first-order valence-electron chi connectivity index (χ1n) is 10.1. The van der Waals surface area contributed by atoms with Gasteiger partial charge in [0.25, 0.3) is 0 Å². The molecule has 0 bridgehead atoms. The first-order valence-corrected chi connectivity index (χ1v) is 11.5. The molecule has 172 valence electrons. The number of alkyl halides is 3. The molecular formula is C22H20F3N5O2S. The molecule has 1 aromatic heterocycles. The van der Waals surface area contributed by atoms with Crippen LogP contribution in [0.4, 0.5) is 18.9 Å². The lowest BCUT2D eigenvalue weighted by Crippen LogP contribution is -2.49. The smallest absolute Gasteiger partial charge is 0.364 e. The van der Waals surface area contributed by atoms with E-state index >= 15 is 0 Å². The van der Waals surface area contributed by atoms with Gasteiger partial charge in [-0.25, -0.2) is 13.4 Å². The van der Waals surface area contributed by atoms with Crippen LogP contribution in [-0.4, -0.2) is 40.8 Å². The molecule has 33 heavy (non-hydrogen) atoms. The largest absolute Gasteiger partial charge is 0.511 e. The van der Waals surface area contributed by atoms with E-state index in [1.54, 1.807) is 48.7 Å². The Hall–Kier alpha value is -3.36. The van der Waals surface area contributed by atoms with Gasteiger partial charge in [-0.1, -0.05) is 30.3 Å². The number of nitriles is 1. The van der Waals surface area contributed by atoms with Crippen LogP contribution in [0.2, 0.25) is 0 Å². The number of sulfonamides is 1. The molecule has 0 fully saturated rings. The van der Waals surface area contributed by atoms with Gasteiger partial charge in [0, 0.05) is 31.0 Å². The number of nitrogens with one attached hydrogen (secondary N) is 1. The van der Waals surface area contributed by atoms with Gasteiger partial charge in [0.2, 0.25) is 0 Å². The van der Waals surface area contributed by atoms with Crippen LogP contribution >= 0.6 is 0 Å². The van der Waals surface area contributed by atoms with Gasteiger partial charge in [0.05, 0.1) is 30.2 Å². The molecule has 11 heteroatoms. The maximum absolute atomic E-state index is 13.7. The predicted molar refractivity (Wildman–Crippen MR) is 115 cm³/mol. The second kappa shape index (κ2) is 8.88. The van der Waals surface area contributed by atoms with E-state index in [2.05, 4.69) is 9.97 Å². The van der Waals surface area contributed by atoms with Gasteiger partial charge in [-0.3, -0.25) is 0 Å². The third kappa shape index (κ3) is 4.72. The normalized spacial score (nSPS) is 17.3. The molecule has 1 aliphatic heterocycles. The monoisotopic (exact) mass is 475 g/mol. The summed E-state index contributed by atoms with van der Waals surface area (Å²) < 4.78 is 66.9. The molecule has 1 aliphatic rings. The molecule has 0 radical (unpaired) electrons. The Kier molecular flexibility index (Phi) is 6.14. The molecule has 0 saturated heterocycles. The quantitative estimate of drug-likeness (QED) is 0.609. The number of benzene rings is 2. The number of H-pyrrole nitrogens is 1. The molecule has 0 saturated carbocycles. The number of aromatic nitrogens is 2. The van der Waals surface area contributed by atoms with E-state index in [1.807, 2.05) is 11.0 Å². The summed E-state index contributed by atoms with van der Waals surface area (Å²) in [5.74, 6) is 0. The number of anilines is 1. The third-order valence-corrected chi connectivity index (χ3v) is 7.17. The molecule has 0 amide bonds. The molecule has 1 atom stereocenters. The highest BCUT2D eigenvalue weighted by atomic mass is 32.2. The molecular weight excluding hydrogens is 455 g/mol. The molecule has 1 unspecified atom stereocenters. The van der Waals surface area contributed by atoms with Gasteiger partial charge in [-0.2, -0.15) is 22.7 Å². The van der Waals surface area contributed by atoms with Crippen LogP contribution in [0.3, 0.4) is 0 Å². The van der Waals surface area contributed by atoms with Crippen molar-refractivity contribution in [2.45, 2.75) is 31.1 Å². The highest BCUT2D eigenvalue weighted by Crippen LogP contribution is 2.36. The minimum absolute atomic E-state index is 0.0160. The molecule has 2 aromatic carbocycles. The van der Waals surface area contributed by atoms with E-state index in [0.717, 1.165) is 11.3 Å². The molecule has 4 rings (SSSR count). The fourth-order valence-corrected chi connectivity index (χ4v) is 5.13. The number of aromatic amines is 1. The van der Waals surface area contributed by atoms with Crippen LogP contribution < -0.4 is 4.90 Å². The Bertz CT molecular complexity index is 1260. The molecule has 2 heterocycles. The van der Waals surface area contributed by atoms with Gasteiger partial charge < -0.3 is 9.88 Å². The van der Waals surface area contributed by atoms with Crippen molar-refractivity contribution in [1.82, 2.24) is 14.3 Å². The summed E-state index contributed by atoms with van der Waals surface area (Å²) in [4.78, 5) is 8.78. The highest BCUT2D eigenvalue weighted by Gasteiger charge is 2.52. The number of fused-ring (bicyclic) bond motifs is 1. The van der Waals surface area contributed by atoms with E-state index in [1.165, 1.54) is 12.4 Å². The highest BCUT2D eigenvalue weighted by molar-refractivity contribution is 7.90. The average Bonchev–Trinajstić information content (AvgIpc) is 3.24. The Labute approximate surface area is 189 Å². The molecule has 0 spiro atoms. The van der Waals surface area contributed by atoms with Gasteiger partial charge in [-0.05, 0) is 35.7 Å². The van der Waals surface area contributed by atoms with Gasteiger partial charge in [0.1, 0.15) is 0 Å². The van der Waals surface area contributed by atoms with Crippen LogP contribution in [0.5, 0.6) is 0 Å². The maximum Gasteiger partial charge on any atom is 0.511 e. The zero-order valence-corrected chi connectivity index (χ0v) is 18.1. The summed E-state index contributed by atoms with van der Waals surface area (Å²) in [6.45, 7) is -0.199. The molecule has 7 nitrogen and oxygen atoms in total. The van der Waals surface area contributed by atoms with Crippen LogP contribution in [-0.2, 0) is 29.5 Å². The fourth-order valence-electron chi connectivity index (χ4n) is 4.02. The maximum atomic E-state index is 13.7. The number of halogens is 3. The van der Waals surface area contributed by atoms with Crippen molar-refractivity contribution < 1.29 is 21.6 Å². The van der Waals surface area contributed by atoms with Crippen molar-refractivity contribution in [1.29, 1.82) is 5.26 Å². The standard InChI is InChI=1S/C22H20F3N5O2S/c23-22(24,25)33(31,32)30-12-18-8-17(10-26)6-7-21(18)29(13-19-11-27-15-28-19)14-20(30)9-16-4-2-1-3-5-16/h1-8,11,15,20H,9,12-14H2,(H,27,28). The summed E-state index contributed by atoms with van der Waals surface area (Å²) >= 11 is 0. The number of hydrogen-bond acceptors (Lipinski definition) is 5. The van der Waals surface area contributed by atoms with Gasteiger partial charge in [-0.15, -0.1) is 0 Å². The van der Waals surface area contributed by atoms with Crippen molar-refractivity contribution in [3.63, 3.8) is 0 Å². The van der Waals surface area contributed by atoms with Crippen molar-refractivity contribution >= 4 is 15.7 Å². The summed E-state index contributed by atoms with van der Waals surface area (Å²) in [6, 6.07) is 14.4. The lowest BCUT2D eigenvalue weighted by atomic mass is 10.1. The van der Waals surface area contributed by atoms with Crippen LogP contribution in [0.15, 0.2) is 61.1 Å². The van der Waals surface area contributed by atoms with Crippen molar-refractivity contribution in [3.05, 3.63) is 83.4 Å². The topological polar surface area (TPSA) is 93.1 Å². The van der Waals surface area contributed by atoms with E-state index in [-0.39, 0.29) is 25.1 Å². The Morgan fingerprint density at radius 2 is 1.94 bits per heavy atom. The zero-order chi connectivity index (χ0) is 23.6. The minimum atomic E-state index is -5.64. The van der Waals surface area contributed by atoms with E-state index in [0.29, 0.717) is 15.6 Å². The Morgan fingerprint density at radius 1 is 1.18 bits per heavy atom. The number of rotatable bonds is 5. The van der Waals surface area contributed by atoms with E-state index in [9.17, 15) is 26.9 Å². The number of hydrogen-bond donors (Lipinski definition) is 1. The lowest BCUT2D eigenvalue weighted by molar-refractivity contribution is -0.0502. The summed E-state index contributed by atoms with van der Waals surface area (Å²) in [7, 11) is -5.64. The van der Waals surface area contributed by atoms with Crippen molar-refractivity contribution in [3.8, 4) is 6.07 Å². The molecule has 3 aromatic rings. The molecule has 1 N–H and O–H groups in total.